The number of nitrogens with zero attached hydrogens (tertiary/aromatic N) is 5. The fourth-order valence-electron chi connectivity index (χ4n) is 5.08. The fourth-order valence-corrected chi connectivity index (χ4v) is 5.89. The van der Waals surface area contributed by atoms with Crippen LogP contribution in [0.5, 0.6) is 0 Å². The molecule has 2 aromatic carbocycles. The van der Waals surface area contributed by atoms with Gasteiger partial charge in [0.15, 0.2) is 5.16 Å². The minimum absolute atomic E-state index is 0.0609. The fraction of sp³-hybridized carbons (Fsp3) is 0.424. The molecule has 0 bridgehead atoms. The molecule has 210 valence electrons. The van der Waals surface area contributed by atoms with Gasteiger partial charge in [-0.3, -0.25) is 9.69 Å². The van der Waals surface area contributed by atoms with E-state index in [0.717, 1.165) is 86.6 Å². The number of rotatable bonds is 8. The summed E-state index contributed by atoms with van der Waals surface area (Å²) < 4.78 is 0. The molecule has 6 nitrogen and oxygen atoms in total. The summed E-state index contributed by atoms with van der Waals surface area (Å²) >= 11 is 1.67. The number of anilines is 1. The number of carbonyl (C=O) groups is 1. The third-order valence-corrected chi connectivity index (χ3v) is 8.51. The molecule has 1 aromatic heterocycles. The van der Waals surface area contributed by atoms with Gasteiger partial charge in [0.2, 0.25) is 0 Å². The third-order valence-electron chi connectivity index (χ3n) is 7.59. The molecule has 0 spiro atoms. The molecule has 0 radical (unpaired) electrons. The summed E-state index contributed by atoms with van der Waals surface area (Å²) in [6, 6.07) is 20.7. The van der Waals surface area contributed by atoms with Crippen molar-refractivity contribution in [2.24, 2.45) is 0 Å². The first-order valence-electron chi connectivity index (χ1n) is 14.4. The second kappa shape index (κ2) is 13.0. The quantitative estimate of drug-likeness (QED) is 0.246. The average molecular weight is 556 g/mol. The molecule has 3 aromatic rings. The molecule has 7 heteroatoms. The largest absolute Gasteiger partial charge is 0.354 e. The van der Waals surface area contributed by atoms with E-state index in [9.17, 15) is 4.79 Å². The Morgan fingerprint density at radius 3 is 2.27 bits per heavy atom. The van der Waals surface area contributed by atoms with Crippen LogP contribution in [0.4, 0.5) is 5.82 Å². The van der Waals surface area contributed by atoms with Gasteiger partial charge in [0.1, 0.15) is 5.82 Å². The van der Waals surface area contributed by atoms with Gasteiger partial charge < -0.3 is 9.80 Å². The van der Waals surface area contributed by atoms with Crippen molar-refractivity contribution in [3.63, 3.8) is 0 Å². The van der Waals surface area contributed by atoms with Gasteiger partial charge in [-0.15, -0.1) is 0 Å². The molecule has 2 saturated heterocycles. The number of hydrogen-bond acceptors (Lipinski definition) is 6. The van der Waals surface area contributed by atoms with Crippen LogP contribution in [-0.2, 0) is 11.2 Å². The van der Waals surface area contributed by atoms with Crippen LogP contribution in [0.3, 0.4) is 0 Å². The van der Waals surface area contributed by atoms with Crippen molar-refractivity contribution in [2.45, 2.75) is 49.9 Å². The van der Waals surface area contributed by atoms with Crippen LogP contribution < -0.4 is 4.90 Å². The Bertz CT molecular complexity index is 1290. The summed E-state index contributed by atoms with van der Waals surface area (Å²) in [5.41, 5.74) is 4.20. The number of aromatic nitrogens is 2. The Hall–Kier alpha value is -3.16. The molecule has 2 aliphatic rings. The maximum atomic E-state index is 12.7. The number of thioether (sulfide) groups is 1. The number of amides is 1. The molecule has 5 rings (SSSR count). The molecule has 0 saturated carbocycles. The van der Waals surface area contributed by atoms with Crippen LogP contribution in [0, 0.1) is 0 Å². The van der Waals surface area contributed by atoms with Gasteiger partial charge in [0, 0.05) is 68.6 Å². The summed E-state index contributed by atoms with van der Waals surface area (Å²) in [7, 11) is 0. The molecule has 0 atom stereocenters. The summed E-state index contributed by atoms with van der Waals surface area (Å²) in [4.78, 5) is 29.5. The molecule has 2 fully saturated rings. The Morgan fingerprint density at radius 2 is 1.60 bits per heavy atom. The van der Waals surface area contributed by atoms with Crippen LogP contribution in [0.2, 0.25) is 0 Å². The number of likely N-dealkylation sites (tertiary alicyclic amines) is 1. The van der Waals surface area contributed by atoms with Crippen LogP contribution in [0.15, 0.2) is 71.9 Å². The molecule has 2 aliphatic heterocycles. The van der Waals surface area contributed by atoms with Gasteiger partial charge in [-0.2, -0.15) is 0 Å². The topological polar surface area (TPSA) is 52.6 Å². The molecule has 1 amide bonds. The maximum absolute atomic E-state index is 12.7. The van der Waals surface area contributed by atoms with E-state index in [-0.39, 0.29) is 11.3 Å². The van der Waals surface area contributed by atoms with Crippen molar-refractivity contribution in [1.82, 2.24) is 19.8 Å². The molecule has 0 N–H and O–H groups in total. The van der Waals surface area contributed by atoms with E-state index in [1.54, 1.807) is 11.8 Å². The zero-order chi connectivity index (χ0) is 28.0. The average Bonchev–Trinajstić information content (AvgIpc) is 3.52. The van der Waals surface area contributed by atoms with E-state index >= 15 is 0 Å². The van der Waals surface area contributed by atoms with Gasteiger partial charge in [-0.05, 0) is 36.1 Å². The van der Waals surface area contributed by atoms with E-state index in [0.29, 0.717) is 0 Å². The van der Waals surface area contributed by atoms with Crippen LogP contribution in [0.25, 0.3) is 6.08 Å². The van der Waals surface area contributed by atoms with Gasteiger partial charge >= 0.3 is 0 Å². The van der Waals surface area contributed by atoms with Gasteiger partial charge in [0.05, 0.1) is 5.69 Å². The maximum Gasteiger partial charge on any atom is 0.253 e. The van der Waals surface area contributed by atoms with Gasteiger partial charge in [-0.1, -0.05) is 87.1 Å². The highest BCUT2D eigenvalue weighted by Crippen LogP contribution is 2.29. The third kappa shape index (κ3) is 7.52. The minimum Gasteiger partial charge on any atom is -0.354 e. The number of carbonyl (C=O) groups excluding carboxylic acids is 1. The Labute approximate surface area is 243 Å². The second-order valence-corrected chi connectivity index (χ2v) is 12.7. The van der Waals surface area contributed by atoms with Crippen molar-refractivity contribution < 1.29 is 4.79 Å². The summed E-state index contributed by atoms with van der Waals surface area (Å²) in [6.45, 7) is 13.3. The first-order chi connectivity index (χ1) is 19.3. The highest BCUT2D eigenvalue weighted by atomic mass is 32.2. The van der Waals surface area contributed by atoms with Crippen molar-refractivity contribution in [3.05, 3.63) is 89.1 Å². The molecule has 3 heterocycles. The lowest BCUT2D eigenvalue weighted by atomic mass is 9.92. The van der Waals surface area contributed by atoms with E-state index in [2.05, 4.69) is 91.3 Å². The first kappa shape index (κ1) is 28.4. The van der Waals surface area contributed by atoms with Crippen LogP contribution in [-0.4, -0.2) is 71.5 Å². The number of benzene rings is 2. The van der Waals surface area contributed by atoms with E-state index < -0.39 is 0 Å². The van der Waals surface area contributed by atoms with E-state index in [4.69, 9.17) is 9.97 Å². The lowest BCUT2D eigenvalue weighted by Crippen LogP contribution is -2.46. The Kier molecular flexibility index (Phi) is 9.22. The number of hydrogen-bond donors (Lipinski definition) is 0. The predicted molar refractivity (Wildman–Crippen MR) is 166 cm³/mol. The lowest BCUT2D eigenvalue weighted by molar-refractivity contribution is 0.0793. The molecule has 0 aliphatic carbocycles. The number of piperazine rings is 1. The zero-order valence-corrected chi connectivity index (χ0v) is 24.9. The van der Waals surface area contributed by atoms with Crippen LogP contribution >= 0.6 is 11.8 Å². The molecule has 40 heavy (non-hydrogen) atoms. The zero-order valence-electron chi connectivity index (χ0n) is 24.1. The monoisotopic (exact) mass is 555 g/mol. The predicted octanol–water partition coefficient (Wildman–Crippen LogP) is 6.14. The van der Waals surface area contributed by atoms with Crippen molar-refractivity contribution >= 4 is 29.6 Å². The summed E-state index contributed by atoms with van der Waals surface area (Å²) in [6.07, 6.45) is 6.68. The van der Waals surface area contributed by atoms with Crippen molar-refractivity contribution in [3.8, 4) is 0 Å². The van der Waals surface area contributed by atoms with Gasteiger partial charge in [-0.25, -0.2) is 9.97 Å². The Morgan fingerprint density at radius 1 is 0.900 bits per heavy atom. The SMILES string of the molecule is CC(C)(C)c1cc(N2CCN(C/C=C/c3ccccc3)CC2)nc(SCc2ccc(C(=O)N3CCCC3)cc2)n1. The highest BCUT2D eigenvalue weighted by Gasteiger charge is 2.23. The molecule has 0 unspecified atom stereocenters. The normalized spacial score (nSPS) is 16.7. The highest BCUT2D eigenvalue weighted by molar-refractivity contribution is 7.98. The first-order valence-corrected chi connectivity index (χ1v) is 15.4. The molecular weight excluding hydrogens is 514 g/mol. The minimum atomic E-state index is -0.0609. The summed E-state index contributed by atoms with van der Waals surface area (Å²) in [5.74, 6) is 1.94. The van der Waals surface area contributed by atoms with Crippen molar-refractivity contribution in [1.29, 1.82) is 0 Å². The summed E-state index contributed by atoms with van der Waals surface area (Å²) in [5, 5.41) is 0.813. The van der Waals surface area contributed by atoms with E-state index in [1.807, 2.05) is 17.0 Å². The second-order valence-electron chi connectivity index (χ2n) is 11.7. The van der Waals surface area contributed by atoms with Crippen molar-refractivity contribution in [2.75, 3.05) is 50.7 Å². The lowest BCUT2D eigenvalue weighted by Gasteiger charge is -2.35. The Balaban J connectivity index is 1.20. The van der Waals surface area contributed by atoms with Gasteiger partial charge in [0.25, 0.3) is 5.91 Å². The molecular formula is C33H41N5OS. The van der Waals surface area contributed by atoms with E-state index in [1.165, 1.54) is 11.1 Å². The van der Waals surface area contributed by atoms with Crippen LogP contribution in [0.1, 0.15) is 60.8 Å². The standard InChI is InChI=1S/C33H41N5OS/c1-33(2,3)29-24-30(37-22-20-36(21-23-37)17-9-12-26-10-5-4-6-11-26)35-32(34-29)40-25-27-13-15-28(16-14-27)31(39)38-18-7-8-19-38/h4-6,9-16,24H,7-8,17-23,25H2,1-3H3/b12-9+. The smallest absolute Gasteiger partial charge is 0.253 e.